The van der Waals surface area contributed by atoms with Gasteiger partial charge in [-0.15, -0.1) is 0 Å². The Balaban J connectivity index is 1.74. The molecule has 1 saturated heterocycles. The molecule has 1 aromatic heterocycles. The van der Waals surface area contributed by atoms with Crippen LogP contribution in [0.1, 0.15) is 31.2 Å². The molecule has 1 aliphatic carbocycles. The molecule has 16 heavy (non-hydrogen) atoms. The van der Waals surface area contributed by atoms with E-state index in [0.29, 0.717) is 5.41 Å². The van der Waals surface area contributed by atoms with Crippen LogP contribution in [0.3, 0.4) is 0 Å². The first-order chi connectivity index (χ1) is 7.78. The van der Waals surface area contributed by atoms with Crippen molar-refractivity contribution in [1.82, 2.24) is 15.1 Å². The minimum atomic E-state index is 0.555. The summed E-state index contributed by atoms with van der Waals surface area (Å²) in [5.41, 5.74) is 1.97. The molecular formula is C13H21N3. The average molecular weight is 219 g/mol. The molecule has 1 aromatic rings. The standard InChI is InChI=1S/C13H21N3/c1-16-8-11(7-15-16)6-13(9-14-10-13)12-4-2-3-5-12/h7-8,12,14H,2-6,9-10H2,1H3. The van der Waals surface area contributed by atoms with Crippen LogP contribution in [0.4, 0.5) is 0 Å². The molecule has 1 aliphatic heterocycles. The third-order valence-corrected chi connectivity index (χ3v) is 4.49. The zero-order valence-electron chi connectivity index (χ0n) is 10.1. The van der Waals surface area contributed by atoms with Crippen molar-refractivity contribution in [2.24, 2.45) is 18.4 Å². The van der Waals surface area contributed by atoms with Crippen LogP contribution in [-0.4, -0.2) is 22.9 Å². The van der Waals surface area contributed by atoms with E-state index in [9.17, 15) is 0 Å². The second-order valence-corrected chi connectivity index (χ2v) is 5.65. The van der Waals surface area contributed by atoms with Crippen LogP contribution in [-0.2, 0) is 13.5 Å². The molecule has 2 heterocycles. The highest BCUT2D eigenvalue weighted by Crippen LogP contribution is 2.44. The summed E-state index contributed by atoms with van der Waals surface area (Å²) in [6.07, 6.45) is 11.2. The first kappa shape index (κ1) is 10.3. The summed E-state index contributed by atoms with van der Waals surface area (Å²) in [6, 6.07) is 0. The van der Waals surface area contributed by atoms with Crippen molar-refractivity contribution in [3.8, 4) is 0 Å². The lowest BCUT2D eigenvalue weighted by Crippen LogP contribution is -2.58. The third-order valence-electron chi connectivity index (χ3n) is 4.49. The average Bonchev–Trinajstić information content (AvgIpc) is 2.82. The van der Waals surface area contributed by atoms with Crippen molar-refractivity contribution in [2.45, 2.75) is 32.1 Å². The van der Waals surface area contributed by atoms with Crippen molar-refractivity contribution in [2.75, 3.05) is 13.1 Å². The summed E-state index contributed by atoms with van der Waals surface area (Å²) < 4.78 is 1.92. The Labute approximate surface area is 97.2 Å². The van der Waals surface area contributed by atoms with Gasteiger partial charge in [0.05, 0.1) is 6.20 Å². The lowest BCUT2D eigenvalue weighted by atomic mass is 9.66. The van der Waals surface area contributed by atoms with Crippen LogP contribution in [0, 0.1) is 11.3 Å². The van der Waals surface area contributed by atoms with Gasteiger partial charge in [-0.2, -0.15) is 5.10 Å². The van der Waals surface area contributed by atoms with Gasteiger partial charge in [-0.05, 0) is 30.7 Å². The fraction of sp³-hybridized carbons (Fsp3) is 0.769. The van der Waals surface area contributed by atoms with Gasteiger partial charge in [-0.25, -0.2) is 0 Å². The normalized spacial score (nSPS) is 24.6. The highest BCUT2D eigenvalue weighted by molar-refractivity contribution is 5.12. The van der Waals surface area contributed by atoms with Crippen LogP contribution in [0.25, 0.3) is 0 Å². The Morgan fingerprint density at radius 2 is 2.19 bits per heavy atom. The molecule has 1 saturated carbocycles. The van der Waals surface area contributed by atoms with E-state index in [4.69, 9.17) is 0 Å². The van der Waals surface area contributed by atoms with Gasteiger partial charge in [0.2, 0.25) is 0 Å². The lowest BCUT2D eigenvalue weighted by Gasteiger charge is -2.47. The summed E-state index contributed by atoms with van der Waals surface area (Å²) in [6.45, 7) is 2.43. The minimum absolute atomic E-state index is 0.555. The fourth-order valence-electron chi connectivity index (χ4n) is 3.51. The Kier molecular flexibility index (Phi) is 2.51. The predicted octanol–water partition coefficient (Wildman–Crippen LogP) is 1.74. The number of nitrogens with one attached hydrogen (secondary N) is 1. The molecule has 88 valence electrons. The maximum atomic E-state index is 4.28. The number of aryl methyl sites for hydroxylation is 1. The van der Waals surface area contributed by atoms with Gasteiger partial charge in [0.15, 0.2) is 0 Å². The van der Waals surface area contributed by atoms with Crippen molar-refractivity contribution in [1.29, 1.82) is 0 Å². The van der Waals surface area contributed by atoms with Gasteiger partial charge in [0, 0.05) is 31.7 Å². The molecule has 0 unspecified atom stereocenters. The Hall–Kier alpha value is -0.830. The molecule has 3 nitrogen and oxygen atoms in total. The number of rotatable bonds is 3. The SMILES string of the molecule is Cn1cc(CC2(C3CCCC3)CNC2)cn1. The molecule has 3 rings (SSSR count). The molecule has 1 N–H and O–H groups in total. The Morgan fingerprint density at radius 3 is 2.69 bits per heavy atom. The van der Waals surface area contributed by atoms with Crippen LogP contribution >= 0.6 is 0 Å². The fourth-order valence-corrected chi connectivity index (χ4v) is 3.51. The second kappa shape index (κ2) is 3.88. The lowest BCUT2D eigenvalue weighted by molar-refractivity contribution is 0.0812. The van der Waals surface area contributed by atoms with E-state index < -0.39 is 0 Å². The van der Waals surface area contributed by atoms with Gasteiger partial charge in [-0.3, -0.25) is 4.68 Å². The van der Waals surface area contributed by atoms with Gasteiger partial charge < -0.3 is 5.32 Å². The second-order valence-electron chi connectivity index (χ2n) is 5.65. The third kappa shape index (κ3) is 1.67. The van der Waals surface area contributed by atoms with Crippen molar-refractivity contribution >= 4 is 0 Å². The maximum Gasteiger partial charge on any atom is 0.0521 e. The van der Waals surface area contributed by atoms with Crippen LogP contribution in [0.2, 0.25) is 0 Å². The monoisotopic (exact) mass is 219 g/mol. The highest BCUT2D eigenvalue weighted by atomic mass is 15.2. The van der Waals surface area contributed by atoms with E-state index in [-0.39, 0.29) is 0 Å². The summed E-state index contributed by atoms with van der Waals surface area (Å²) in [4.78, 5) is 0. The van der Waals surface area contributed by atoms with Gasteiger partial charge in [-0.1, -0.05) is 12.8 Å². The van der Waals surface area contributed by atoms with Crippen LogP contribution < -0.4 is 5.32 Å². The van der Waals surface area contributed by atoms with Crippen LogP contribution in [0.5, 0.6) is 0 Å². The maximum absolute atomic E-state index is 4.28. The molecule has 0 amide bonds. The smallest absolute Gasteiger partial charge is 0.0521 e. The number of hydrogen-bond donors (Lipinski definition) is 1. The molecule has 0 spiro atoms. The molecule has 0 radical (unpaired) electrons. The largest absolute Gasteiger partial charge is 0.315 e. The number of aromatic nitrogens is 2. The first-order valence-electron chi connectivity index (χ1n) is 6.47. The van der Waals surface area contributed by atoms with E-state index in [1.54, 1.807) is 0 Å². The first-order valence-corrected chi connectivity index (χ1v) is 6.47. The van der Waals surface area contributed by atoms with E-state index in [0.717, 1.165) is 5.92 Å². The predicted molar refractivity (Wildman–Crippen MR) is 64.2 cm³/mol. The zero-order chi connectivity index (χ0) is 11.0. The Bertz CT molecular complexity index is 359. The van der Waals surface area contributed by atoms with Crippen molar-refractivity contribution in [3.63, 3.8) is 0 Å². The minimum Gasteiger partial charge on any atom is -0.315 e. The molecular weight excluding hydrogens is 198 g/mol. The zero-order valence-corrected chi connectivity index (χ0v) is 10.1. The molecule has 3 heteroatoms. The molecule has 0 aromatic carbocycles. The molecule has 0 bridgehead atoms. The summed E-state index contributed by atoms with van der Waals surface area (Å²) in [7, 11) is 2.00. The van der Waals surface area contributed by atoms with Crippen LogP contribution in [0.15, 0.2) is 12.4 Å². The highest BCUT2D eigenvalue weighted by Gasteiger charge is 2.44. The van der Waals surface area contributed by atoms with E-state index in [2.05, 4.69) is 16.6 Å². The Morgan fingerprint density at radius 1 is 1.44 bits per heavy atom. The van der Waals surface area contributed by atoms with E-state index in [1.807, 2.05) is 17.9 Å². The van der Waals surface area contributed by atoms with E-state index >= 15 is 0 Å². The van der Waals surface area contributed by atoms with Crippen molar-refractivity contribution in [3.05, 3.63) is 18.0 Å². The van der Waals surface area contributed by atoms with Gasteiger partial charge in [0.1, 0.15) is 0 Å². The van der Waals surface area contributed by atoms with E-state index in [1.165, 1.54) is 50.8 Å². The summed E-state index contributed by atoms with van der Waals surface area (Å²) >= 11 is 0. The van der Waals surface area contributed by atoms with Gasteiger partial charge in [0.25, 0.3) is 0 Å². The summed E-state index contributed by atoms with van der Waals surface area (Å²) in [5, 5.41) is 7.76. The quantitative estimate of drug-likeness (QED) is 0.839. The molecule has 2 aliphatic rings. The molecule has 2 fully saturated rings. The number of hydrogen-bond acceptors (Lipinski definition) is 2. The summed E-state index contributed by atoms with van der Waals surface area (Å²) in [5.74, 6) is 0.953. The number of nitrogens with zero attached hydrogens (tertiary/aromatic N) is 2. The topological polar surface area (TPSA) is 29.9 Å². The molecule has 0 atom stereocenters. The van der Waals surface area contributed by atoms with Crippen molar-refractivity contribution < 1.29 is 0 Å². The van der Waals surface area contributed by atoms with Gasteiger partial charge >= 0.3 is 0 Å².